The largest absolute Gasteiger partial charge is 0.504 e. The van der Waals surface area contributed by atoms with Gasteiger partial charge in [-0.15, -0.1) is 0 Å². The number of carboxylic acid groups (broad SMARTS) is 1. The monoisotopic (exact) mass is 634 g/mol. The van der Waals surface area contributed by atoms with E-state index in [4.69, 9.17) is 4.74 Å². The first-order valence-corrected chi connectivity index (χ1v) is 17.4. The van der Waals surface area contributed by atoms with Crippen molar-refractivity contribution in [2.45, 2.75) is 112 Å². The standard InChI is InChI=1S/C39H54O7/c1-22(2)24-14-17-39(34(44)45)19-18-37(6)25(32(24)39)10-12-30-36(5)21-28(42)33(35(3,4)29(36)15-16-38(30,37)7)46-31(43)13-9-23-8-11-26(40)27(41)20-23/h8-9,11,13,20,24-25,28-30,32-33,40-42H,1,10,12,14-19,21H2,2-7H3,(H,44,45)/b13-9+/t24-,25+,28+,29?,30?,32?,33-,36-,37+,38+,39-/m0/s1. The van der Waals surface area contributed by atoms with Gasteiger partial charge in [-0.2, -0.15) is 0 Å². The quantitative estimate of drug-likeness (QED) is 0.113. The molecule has 0 aliphatic heterocycles. The van der Waals surface area contributed by atoms with E-state index in [-0.39, 0.29) is 45.5 Å². The Labute approximate surface area is 274 Å². The number of carbonyl (C=O) groups is 2. The molecule has 5 fully saturated rings. The number of carbonyl (C=O) groups excluding carboxylic acids is 1. The molecule has 0 bridgehead atoms. The number of aliphatic carboxylic acids is 1. The maximum Gasteiger partial charge on any atom is 0.331 e. The fourth-order valence-electron chi connectivity index (χ4n) is 12.8. The number of carboxylic acids is 1. The van der Waals surface area contributed by atoms with Crippen LogP contribution in [0.5, 0.6) is 11.5 Å². The SMILES string of the molecule is C=C(C)[C@@H]1CC[C@]2(C(=O)O)CC[C@]3(C)[C@H](CCC4[C@@]5(C)C[C@@H](O)[C@H](OC(=O)/C=C/c6ccc(O)c(O)c6)C(C)(C)C5CC[C@]43C)C12. The summed E-state index contributed by atoms with van der Waals surface area (Å²) in [5.74, 6) is -0.321. The third-order valence-corrected chi connectivity index (χ3v) is 15.0. The van der Waals surface area contributed by atoms with Crippen molar-refractivity contribution in [2.24, 2.45) is 56.7 Å². The lowest BCUT2D eigenvalue weighted by molar-refractivity contribution is -0.265. The molecule has 0 radical (unpaired) electrons. The zero-order valence-corrected chi connectivity index (χ0v) is 28.5. The molecule has 0 aromatic heterocycles. The summed E-state index contributed by atoms with van der Waals surface area (Å²) < 4.78 is 6.02. The Morgan fingerprint density at radius 2 is 1.63 bits per heavy atom. The lowest BCUT2D eigenvalue weighted by Gasteiger charge is -2.73. The molecule has 5 saturated carbocycles. The first-order valence-electron chi connectivity index (χ1n) is 17.4. The van der Waals surface area contributed by atoms with E-state index in [1.165, 1.54) is 24.3 Å². The number of phenolic OH excluding ortho intramolecular Hbond substituents is 2. The number of esters is 1. The number of rotatable bonds is 5. The number of allylic oxidation sites excluding steroid dienone is 1. The van der Waals surface area contributed by atoms with E-state index in [0.29, 0.717) is 23.8 Å². The van der Waals surface area contributed by atoms with E-state index in [9.17, 15) is 30.0 Å². The predicted molar refractivity (Wildman–Crippen MR) is 177 cm³/mol. The average Bonchev–Trinajstić information content (AvgIpc) is 3.38. The molecule has 0 spiro atoms. The van der Waals surface area contributed by atoms with Crippen molar-refractivity contribution in [3.63, 3.8) is 0 Å². The molecule has 0 heterocycles. The third kappa shape index (κ3) is 4.53. The van der Waals surface area contributed by atoms with Gasteiger partial charge in [0, 0.05) is 11.5 Å². The molecule has 252 valence electrons. The maximum absolute atomic E-state index is 13.0. The summed E-state index contributed by atoms with van der Waals surface area (Å²) in [5.41, 5.74) is 0.423. The molecule has 7 heteroatoms. The van der Waals surface area contributed by atoms with E-state index in [2.05, 4.69) is 48.1 Å². The van der Waals surface area contributed by atoms with Crippen LogP contribution in [-0.2, 0) is 14.3 Å². The normalized spacial score (nSPS) is 44.4. The van der Waals surface area contributed by atoms with E-state index in [1.54, 1.807) is 6.07 Å². The number of aromatic hydroxyl groups is 2. The molecule has 6 rings (SSSR count). The Hall–Kier alpha value is -2.80. The fourth-order valence-corrected chi connectivity index (χ4v) is 12.8. The van der Waals surface area contributed by atoms with Crippen LogP contribution in [0.4, 0.5) is 0 Å². The molecule has 4 N–H and O–H groups in total. The Morgan fingerprint density at radius 3 is 2.28 bits per heavy atom. The van der Waals surface area contributed by atoms with Crippen molar-refractivity contribution in [1.82, 2.24) is 0 Å². The zero-order valence-electron chi connectivity index (χ0n) is 28.5. The van der Waals surface area contributed by atoms with Gasteiger partial charge in [-0.05, 0) is 134 Å². The van der Waals surface area contributed by atoms with Crippen molar-refractivity contribution in [3.8, 4) is 11.5 Å². The van der Waals surface area contributed by atoms with Crippen molar-refractivity contribution < 1.29 is 34.8 Å². The van der Waals surface area contributed by atoms with Crippen LogP contribution in [0, 0.1) is 56.7 Å². The number of aliphatic hydroxyl groups is 1. The number of phenols is 2. The summed E-state index contributed by atoms with van der Waals surface area (Å²) in [5, 5.41) is 41.8. The first kappa shape index (κ1) is 33.1. The van der Waals surface area contributed by atoms with Gasteiger partial charge in [0.2, 0.25) is 0 Å². The van der Waals surface area contributed by atoms with Crippen LogP contribution in [-0.4, -0.2) is 44.6 Å². The van der Waals surface area contributed by atoms with Crippen molar-refractivity contribution in [3.05, 3.63) is 42.0 Å². The summed E-state index contributed by atoms with van der Waals surface area (Å²) in [6.07, 6.45) is 9.31. The molecule has 5 aliphatic carbocycles. The lowest BCUT2D eigenvalue weighted by Crippen LogP contribution is -2.69. The Bertz CT molecular complexity index is 1460. The van der Waals surface area contributed by atoms with Crippen LogP contribution in [0.2, 0.25) is 0 Å². The predicted octanol–water partition coefficient (Wildman–Crippen LogP) is 7.74. The number of aliphatic hydroxyl groups excluding tert-OH is 1. The van der Waals surface area contributed by atoms with Gasteiger partial charge < -0.3 is 25.2 Å². The highest BCUT2D eigenvalue weighted by molar-refractivity contribution is 5.87. The summed E-state index contributed by atoms with van der Waals surface area (Å²) in [4.78, 5) is 26.0. The lowest BCUT2D eigenvalue weighted by atomic mass is 9.32. The number of hydrogen-bond acceptors (Lipinski definition) is 6. The Kier molecular flexibility index (Phi) is 7.82. The van der Waals surface area contributed by atoms with E-state index in [1.807, 2.05) is 0 Å². The summed E-state index contributed by atoms with van der Waals surface area (Å²) in [7, 11) is 0. The highest BCUT2D eigenvalue weighted by Gasteiger charge is 2.72. The van der Waals surface area contributed by atoms with Crippen LogP contribution in [0.25, 0.3) is 6.08 Å². The van der Waals surface area contributed by atoms with Crippen molar-refractivity contribution in [2.75, 3.05) is 0 Å². The molecule has 7 nitrogen and oxygen atoms in total. The molecular formula is C39H54O7. The average molecular weight is 635 g/mol. The van der Waals surface area contributed by atoms with Gasteiger partial charge in [0.25, 0.3) is 0 Å². The van der Waals surface area contributed by atoms with Crippen LogP contribution < -0.4 is 0 Å². The summed E-state index contributed by atoms with van der Waals surface area (Å²) in [6.45, 7) is 18.1. The zero-order chi connectivity index (χ0) is 33.6. The number of ether oxygens (including phenoxy) is 1. The van der Waals surface area contributed by atoms with Crippen LogP contribution in [0.3, 0.4) is 0 Å². The highest BCUT2D eigenvalue weighted by Crippen LogP contribution is 2.77. The van der Waals surface area contributed by atoms with Gasteiger partial charge >= 0.3 is 11.9 Å². The number of benzene rings is 1. The molecule has 1 aromatic carbocycles. The minimum atomic E-state index is -0.812. The molecule has 5 aliphatic rings. The van der Waals surface area contributed by atoms with Gasteiger partial charge in [-0.3, -0.25) is 4.79 Å². The van der Waals surface area contributed by atoms with Gasteiger partial charge in [0.15, 0.2) is 11.5 Å². The minimum Gasteiger partial charge on any atom is -0.504 e. The van der Waals surface area contributed by atoms with Crippen LogP contribution in [0.1, 0.15) is 105 Å². The maximum atomic E-state index is 13.0. The second-order valence-corrected chi connectivity index (χ2v) is 17.2. The molecular weight excluding hydrogens is 580 g/mol. The highest BCUT2D eigenvalue weighted by atomic mass is 16.6. The number of hydrogen-bond donors (Lipinski definition) is 4. The van der Waals surface area contributed by atoms with E-state index < -0.39 is 35.0 Å². The van der Waals surface area contributed by atoms with Gasteiger partial charge in [0.1, 0.15) is 6.10 Å². The van der Waals surface area contributed by atoms with Gasteiger partial charge in [-0.25, -0.2) is 4.79 Å². The van der Waals surface area contributed by atoms with Crippen LogP contribution >= 0.6 is 0 Å². The fraction of sp³-hybridized carbons (Fsp3) is 0.692. The number of fused-ring (bicyclic) bond motifs is 7. The van der Waals surface area contributed by atoms with Gasteiger partial charge in [0.05, 0.1) is 11.5 Å². The van der Waals surface area contributed by atoms with Crippen molar-refractivity contribution in [1.29, 1.82) is 0 Å². The van der Waals surface area contributed by atoms with E-state index >= 15 is 0 Å². The summed E-state index contributed by atoms with van der Waals surface area (Å²) >= 11 is 0. The minimum absolute atomic E-state index is 0.00256. The third-order valence-electron chi connectivity index (χ3n) is 15.0. The smallest absolute Gasteiger partial charge is 0.331 e. The Balaban J connectivity index is 1.26. The first-order chi connectivity index (χ1) is 21.4. The van der Waals surface area contributed by atoms with Crippen molar-refractivity contribution >= 4 is 18.0 Å². The molecule has 3 unspecified atom stereocenters. The van der Waals surface area contributed by atoms with Gasteiger partial charge in [-0.1, -0.05) is 52.8 Å². The van der Waals surface area contributed by atoms with E-state index in [0.717, 1.165) is 56.9 Å². The topological polar surface area (TPSA) is 124 Å². The molecule has 46 heavy (non-hydrogen) atoms. The Morgan fingerprint density at radius 1 is 0.913 bits per heavy atom. The van der Waals surface area contributed by atoms with Crippen LogP contribution in [0.15, 0.2) is 36.4 Å². The molecule has 11 atom stereocenters. The molecule has 0 amide bonds. The molecule has 0 saturated heterocycles. The summed E-state index contributed by atoms with van der Waals surface area (Å²) in [6, 6.07) is 4.33. The second kappa shape index (κ2) is 10.9. The molecule has 1 aromatic rings. The second-order valence-electron chi connectivity index (χ2n) is 17.2.